The molecule has 0 aliphatic rings. The van der Waals surface area contributed by atoms with Crippen LogP contribution in [0.4, 0.5) is 10.1 Å². The van der Waals surface area contributed by atoms with E-state index in [0.717, 1.165) is 22.2 Å². The first-order valence-electron chi connectivity index (χ1n) is 7.86. The van der Waals surface area contributed by atoms with E-state index in [0.29, 0.717) is 13.1 Å². The van der Waals surface area contributed by atoms with Crippen LogP contribution in [-0.4, -0.2) is 38.6 Å². The lowest BCUT2D eigenvalue weighted by Crippen LogP contribution is -2.42. The van der Waals surface area contributed by atoms with Gasteiger partial charge in [-0.1, -0.05) is 36.4 Å². The summed E-state index contributed by atoms with van der Waals surface area (Å²) in [7, 11) is -3.73. The highest BCUT2D eigenvalue weighted by atomic mass is 32.2. The van der Waals surface area contributed by atoms with E-state index < -0.39 is 15.8 Å². The molecule has 1 amide bonds. The lowest BCUT2D eigenvalue weighted by atomic mass is 10.2. The van der Waals surface area contributed by atoms with Gasteiger partial charge in [-0.25, -0.2) is 12.8 Å². The maximum Gasteiger partial charge on any atom is 0.243 e. The molecule has 2 aromatic rings. The van der Waals surface area contributed by atoms with Crippen LogP contribution in [0.15, 0.2) is 54.6 Å². The molecule has 0 saturated carbocycles. The molecule has 0 saturated heterocycles. The number of hydrogen-bond acceptors (Lipinski definition) is 3. The molecule has 2 aromatic carbocycles. The highest BCUT2D eigenvalue weighted by Gasteiger charge is 2.24. The molecule has 0 atom stereocenters. The lowest BCUT2D eigenvalue weighted by Gasteiger charge is -2.27. The summed E-state index contributed by atoms with van der Waals surface area (Å²) in [4.78, 5) is 14.2. The Kier molecular flexibility index (Phi) is 6.14. The third-order valence-corrected chi connectivity index (χ3v) is 4.87. The number of hydrogen-bond donors (Lipinski definition) is 0. The summed E-state index contributed by atoms with van der Waals surface area (Å²) < 4.78 is 38.5. The molecule has 5 nitrogen and oxygen atoms in total. The Morgan fingerprint density at radius 3 is 2.32 bits per heavy atom. The predicted molar refractivity (Wildman–Crippen MR) is 96.1 cm³/mol. The van der Waals surface area contributed by atoms with E-state index in [1.807, 2.05) is 37.3 Å². The van der Waals surface area contributed by atoms with Crippen LogP contribution >= 0.6 is 0 Å². The van der Waals surface area contributed by atoms with Gasteiger partial charge in [0.1, 0.15) is 12.4 Å². The Balaban J connectivity index is 2.21. The quantitative estimate of drug-likeness (QED) is 0.759. The number of likely N-dealkylation sites (N-methyl/N-ethyl adjacent to an activating group) is 1. The monoisotopic (exact) mass is 364 g/mol. The van der Waals surface area contributed by atoms with Crippen LogP contribution in [0.25, 0.3) is 0 Å². The Bertz CT molecular complexity index is 825. The van der Waals surface area contributed by atoms with Crippen molar-refractivity contribution in [2.24, 2.45) is 0 Å². The van der Waals surface area contributed by atoms with Crippen LogP contribution in [0.5, 0.6) is 0 Å². The lowest BCUT2D eigenvalue weighted by molar-refractivity contribution is -0.129. The molecule has 25 heavy (non-hydrogen) atoms. The number of rotatable bonds is 7. The maximum absolute atomic E-state index is 13.4. The van der Waals surface area contributed by atoms with Crippen molar-refractivity contribution >= 4 is 21.6 Å². The Hall–Kier alpha value is -2.41. The summed E-state index contributed by atoms with van der Waals surface area (Å²) in [5, 5.41) is 0. The van der Waals surface area contributed by atoms with Gasteiger partial charge in [-0.15, -0.1) is 0 Å². The first kappa shape index (κ1) is 18.9. The summed E-state index contributed by atoms with van der Waals surface area (Å²) in [5.74, 6) is -0.906. The minimum atomic E-state index is -3.73. The smallest absolute Gasteiger partial charge is 0.243 e. The molecule has 134 valence electrons. The number of nitrogens with zero attached hydrogens (tertiary/aromatic N) is 2. The summed E-state index contributed by atoms with van der Waals surface area (Å²) in [6, 6.07) is 14.6. The van der Waals surface area contributed by atoms with Crippen molar-refractivity contribution in [2.75, 3.05) is 23.7 Å². The molecule has 0 aliphatic carbocycles. The minimum absolute atomic E-state index is 0.131. The van der Waals surface area contributed by atoms with Crippen molar-refractivity contribution in [3.8, 4) is 0 Å². The first-order valence-corrected chi connectivity index (χ1v) is 9.71. The van der Waals surface area contributed by atoms with Gasteiger partial charge in [0.15, 0.2) is 0 Å². The fourth-order valence-electron chi connectivity index (χ4n) is 2.43. The topological polar surface area (TPSA) is 57.7 Å². The number of halogens is 1. The average molecular weight is 364 g/mol. The van der Waals surface area contributed by atoms with Gasteiger partial charge < -0.3 is 4.90 Å². The van der Waals surface area contributed by atoms with Gasteiger partial charge in [0.05, 0.1) is 11.9 Å². The maximum atomic E-state index is 13.4. The molecule has 0 aliphatic heterocycles. The van der Waals surface area contributed by atoms with E-state index in [4.69, 9.17) is 0 Å². The zero-order valence-electron chi connectivity index (χ0n) is 14.2. The van der Waals surface area contributed by atoms with E-state index >= 15 is 0 Å². The van der Waals surface area contributed by atoms with Crippen LogP contribution in [0, 0.1) is 5.82 Å². The van der Waals surface area contributed by atoms with Crippen LogP contribution < -0.4 is 4.31 Å². The van der Waals surface area contributed by atoms with Gasteiger partial charge in [-0.2, -0.15) is 0 Å². The molecule has 0 bridgehead atoms. The summed E-state index contributed by atoms with van der Waals surface area (Å²) >= 11 is 0. The highest BCUT2D eigenvalue weighted by molar-refractivity contribution is 7.92. The molecule has 0 N–H and O–H groups in total. The third kappa shape index (κ3) is 5.29. The molecule has 0 spiro atoms. The van der Waals surface area contributed by atoms with Crippen LogP contribution in [-0.2, 0) is 21.4 Å². The third-order valence-electron chi connectivity index (χ3n) is 3.73. The second-order valence-electron chi connectivity index (χ2n) is 5.64. The Morgan fingerprint density at radius 2 is 1.76 bits per heavy atom. The predicted octanol–water partition coefficient (Wildman–Crippen LogP) is 2.64. The number of carbonyl (C=O) groups is 1. The standard InChI is InChI=1S/C18H21FN2O3S/c1-3-20(13-15-8-5-4-6-9-15)18(22)14-21(25(2,23)24)17-11-7-10-16(19)12-17/h4-12H,3,13-14H2,1-2H3. The zero-order valence-corrected chi connectivity index (χ0v) is 15.0. The zero-order chi connectivity index (χ0) is 18.4. The number of amides is 1. The van der Waals surface area contributed by atoms with Crippen LogP contribution in [0.1, 0.15) is 12.5 Å². The average Bonchev–Trinajstić information content (AvgIpc) is 2.57. The van der Waals surface area contributed by atoms with Crippen molar-refractivity contribution in [3.63, 3.8) is 0 Å². The number of sulfonamides is 1. The molecular weight excluding hydrogens is 343 g/mol. The second kappa shape index (κ2) is 8.11. The van der Waals surface area contributed by atoms with Gasteiger partial charge in [-0.3, -0.25) is 9.10 Å². The van der Waals surface area contributed by atoms with E-state index in [9.17, 15) is 17.6 Å². The Morgan fingerprint density at radius 1 is 1.08 bits per heavy atom. The molecule has 0 heterocycles. The fraction of sp³-hybridized carbons (Fsp3) is 0.278. The van der Waals surface area contributed by atoms with E-state index in [2.05, 4.69) is 0 Å². The Labute approximate surface area is 147 Å². The van der Waals surface area contributed by atoms with Crippen LogP contribution in [0.3, 0.4) is 0 Å². The van der Waals surface area contributed by atoms with Gasteiger partial charge in [0.25, 0.3) is 0 Å². The van der Waals surface area contributed by atoms with Crippen molar-refractivity contribution in [1.29, 1.82) is 0 Å². The van der Waals surface area contributed by atoms with Crippen molar-refractivity contribution in [1.82, 2.24) is 4.90 Å². The van der Waals surface area contributed by atoms with Crippen molar-refractivity contribution in [2.45, 2.75) is 13.5 Å². The second-order valence-corrected chi connectivity index (χ2v) is 7.55. The van der Waals surface area contributed by atoms with Gasteiger partial charge in [0, 0.05) is 13.1 Å². The fourth-order valence-corrected chi connectivity index (χ4v) is 3.28. The first-order chi connectivity index (χ1) is 11.8. The number of carbonyl (C=O) groups excluding carboxylic acids is 1. The number of benzene rings is 2. The summed E-state index contributed by atoms with van der Waals surface area (Å²) in [6.45, 7) is 2.28. The van der Waals surface area contributed by atoms with Crippen molar-refractivity contribution < 1.29 is 17.6 Å². The number of anilines is 1. The van der Waals surface area contributed by atoms with Crippen molar-refractivity contribution in [3.05, 3.63) is 66.0 Å². The summed E-state index contributed by atoms with van der Waals surface area (Å²) in [6.07, 6.45) is 0.999. The van der Waals surface area contributed by atoms with E-state index in [1.54, 1.807) is 4.90 Å². The van der Waals surface area contributed by atoms with E-state index in [1.165, 1.54) is 18.2 Å². The molecule has 0 aromatic heterocycles. The largest absolute Gasteiger partial charge is 0.337 e. The molecule has 2 rings (SSSR count). The van der Waals surface area contributed by atoms with E-state index in [-0.39, 0.29) is 18.1 Å². The molecule has 0 radical (unpaired) electrons. The van der Waals surface area contributed by atoms with Gasteiger partial charge in [-0.05, 0) is 30.7 Å². The van der Waals surface area contributed by atoms with Gasteiger partial charge in [0.2, 0.25) is 15.9 Å². The van der Waals surface area contributed by atoms with Gasteiger partial charge >= 0.3 is 0 Å². The van der Waals surface area contributed by atoms with Crippen LogP contribution in [0.2, 0.25) is 0 Å². The minimum Gasteiger partial charge on any atom is -0.337 e. The molecule has 0 unspecified atom stereocenters. The normalized spacial score (nSPS) is 11.2. The molecule has 0 fully saturated rings. The highest BCUT2D eigenvalue weighted by Crippen LogP contribution is 2.19. The summed E-state index contributed by atoms with van der Waals surface area (Å²) in [5.41, 5.74) is 1.08. The molecule has 7 heteroatoms. The molecular formula is C18H21FN2O3S. The SMILES string of the molecule is CCN(Cc1ccccc1)C(=O)CN(c1cccc(F)c1)S(C)(=O)=O.